The molecular formula is C15H19NO3. The maximum absolute atomic E-state index is 10.8. The van der Waals surface area contributed by atoms with Crippen molar-refractivity contribution in [1.82, 2.24) is 4.90 Å². The lowest BCUT2D eigenvalue weighted by atomic mass is 10.2. The molecule has 4 nitrogen and oxygen atoms in total. The Labute approximate surface area is 113 Å². The zero-order chi connectivity index (χ0) is 14.1. The Bertz CT molecular complexity index is 428. The van der Waals surface area contributed by atoms with E-state index in [-0.39, 0.29) is 13.2 Å². The predicted octanol–water partition coefficient (Wildman–Crippen LogP) is 2.34. The molecule has 0 radical (unpaired) electrons. The standard InChI is InChI=1S/C15H19NO3/c1-4-15(17)19-11-10-18-13(2)16(3)12-14-8-6-5-7-9-14/h4-9H,1-2,10-12H2,3H3. The van der Waals surface area contributed by atoms with Crippen LogP contribution in [0.25, 0.3) is 0 Å². The zero-order valence-corrected chi connectivity index (χ0v) is 11.2. The van der Waals surface area contributed by atoms with Gasteiger partial charge in [-0.15, -0.1) is 0 Å². The van der Waals surface area contributed by atoms with Gasteiger partial charge >= 0.3 is 5.97 Å². The molecule has 0 fully saturated rings. The average Bonchev–Trinajstić information content (AvgIpc) is 2.44. The molecule has 0 saturated carbocycles. The first-order valence-corrected chi connectivity index (χ1v) is 5.99. The minimum atomic E-state index is -0.452. The third-order valence-corrected chi connectivity index (χ3v) is 2.45. The Morgan fingerprint density at radius 2 is 1.89 bits per heavy atom. The van der Waals surface area contributed by atoms with Crippen LogP contribution in [-0.2, 0) is 20.8 Å². The fourth-order valence-electron chi connectivity index (χ4n) is 1.42. The fraction of sp³-hybridized carbons (Fsp3) is 0.267. The summed E-state index contributed by atoms with van der Waals surface area (Å²) in [6, 6.07) is 10.0. The van der Waals surface area contributed by atoms with E-state index in [0.717, 1.165) is 6.08 Å². The Kier molecular flexibility index (Phi) is 6.22. The van der Waals surface area contributed by atoms with Gasteiger partial charge in [0.2, 0.25) is 0 Å². The molecule has 1 aromatic rings. The van der Waals surface area contributed by atoms with Gasteiger partial charge in [0.15, 0.2) is 5.88 Å². The molecule has 0 aliphatic carbocycles. The number of rotatable bonds is 8. The first kappa shape index (κ1) is 14.8. The molecule has 0 aliphatic rings. The highest BCUT2D eigenvalue weighted by molar-refractivity contribution is 5.81. The summed E-state index contributed by atoms with van der Waals surface area (Å²) in [6.07, 6.45) is 1.12. The molecule has 0 saturated heterocycles. The molecule has 0 N–H and O–H groups in total. The molecule has 0 amide bonds. The van der Waals surface area contributed by atoms with E-state index in [1.165, 1.54) is 5.56 Å². The highest BCUT2D eigenvalue weighted by Crippen LogP contribution is 2.08. The summed E-state index contributed by atoms with van der Waals surface area (Å²) in [6.45, 7) is 8.31. The Morgan fingerprint density at radius 3 is 2.53 bits per heavy atom. The van der Waals surface area contributed by atoms with Crippen molar-refractivity contribution < 1.29 is 14.3 Å². The Hall–Kier alpha value is -2.23. The number of ether oxygens (including phenoxy) is 2. The zero-order valence-electron chi connectivity index (χ0n) is 11.2. The van der Waals surface area contributed by atoms with Crippen molar-refractivity contribution in [1.29, 1.82) is 0 Å². The monoisotopic (exact) mass is 261 g/mol. The van der Waals surface area contributed by atoms with E-state index >= 15 is 0 Å². The van der Waals surface area contributed by atoms with Crippen molar-refractivity contribution >= 4 is 5.97 Å². The number of hydrogen-bond acceptors (Lipinski definition) is 4. The predicted molar refractivity (Wildman–Crippen MR) is 74.2 cm³/mol. The Morgan fingerprint density at radius 1 is 1.26 bits per heavy atom. The largest absolute Gasteiger partial charge is 0.476 e. The summed E-state index contributed by atoms with van der Waals surface area (Å²) >= 11 is 0. The first-order chi connectivity index (χ1) is 9.13. The number of esters is 1. The lowest BCUT2D eigenvalue weighted by Gasteiger charge is -2.21. The molecule has 1 rings (SSSR count). The maximum Gasteiger partial charge on any atom is 0.330 e. The number of hydrogen-bond donors (Lipinski definition) is 0. The first-order valence-electron chi connectivity index (χ1n) is 5.99. The molecule has 0 aromatic heterocycles. The highest BCUT2D eigenvalue weighted by Gasteiger charge is 2.04. The molecule has 0 spiro atoms. The third kappa shape index (κ3) is 5.77. The smallest absolute Gasteiger partial charge is 0.330 e. The summed E-state index contributed by atoms with van der Waals surface area (Å²) in [4.78, 5) is 12.7. The second kappa shape index (κ2) is 7.97. The van der Waals surface area contributed by atoms with Gasteiger partial charge in [-0.05, 0) is 12.1 Å². The van der Waals surface area contributed by atoms with Crippen molar-refractivity contribution in [2.45, 2.75) is 6.54 Å². The van der Waals surface area contributed by atoms with E-state index in [9.17, 15) is 4.79 Å². The summed E-state index contributed by atoms with van der Waals surface area (Å²) in [5, 5.41) is 0. The molecule has 19 heavy (non-hydrogen) atoms. The van der Waals surface area contributed by atoms with Crippen molar-refractivity contribution in [3.63, 3.8) is 0 Å². The normalized spacial score (nSPS) is 9.53. The van der Waals surface area contributed by atoms with Gasteiger partial charge in [-0.3, -0.25) is 0 Å². The molecule has 1 aromatic carbocycles. The van der Waals surface area contributed by atoms with E-state index in [4.69, 9.17) is 9.47 Å². The number of benzene rings is 1. The number of nitrogens with zero attached hydrogens (tertiary/aromatic N) is 1. The Balaban J connectivity index is 2.25. The molecular weight excluding hydrogens is 242 g/mol. The van der Waals surface area contributed by atoms with Crippen molar-refractivity contribution in [3.05, 3.63) is 61.0 Å². The highest BCUT2D eigenvalue weighted by atomic mass is 16.6. The summed E-state index contributed by atoms with van der Waals surface area (Å²) in [5.74, 6) is 0.0883. The van der Waals surface area contributed by atoms with Crippen molar-refractivity contribution in [2.75, 3.05) is 20.3 Å². The lowest BCUT2D eigenvalue weighted by Crippen LogP contribution is -2.20. The van der Waals surface area contributed by atoms with Crippen LogP contribution in [-0.4, -0.2) is 31.1 Å². The van der Waals surface area contributed by atoms with Gasteiger partial charge in [0.25, 0.3) is 0 Å². The fourth-order valence-corrected chi connectivity index (χ4v) is 1.42. The molecule has 0 heterocycles. The van der Waals surface area contributed by atoms with Crippen molar-refractivity contribution in [2.24, 2.45) is 0 Å². The summed E-state index contributed by atoms with van der Waals surface area (Å²) < 4.78 is 10.2. The van der Waals surface area contributed by atoms with Gasteiger partial charge < -0.3 is 14.4 Å². The van der Waals surface area contributed by atoms with Crippen LogP contribution in [0, 0.1) is 0 Å². The van der Waals surface area contributed by atoms with E-state index < -0.39 is 5.97 Å². The van der Waals surface area contributed by atoms with Gasteiger partial charge in [0.05, 0.1) is 0 Å². The second-order valence-corrected chi connectivity index (χ2v) is 3.96. The van der Waals surface area contributed by atoms with Crippen LogP contribution in [0.4, 0.5) is 0 Å². The lowest BCUT2D eigenvalue weighted by molar-refractivity contribution is -0.139. The molecule has 0 unspecified atom stereocenters. The van der Waals surface area contributed by atoms with Gasteiger partial charge in [-0.1, -0.05) is 36.9 Å². The van der Waals surface area contributed by atoms with Crippen LogP contribution in [0.3, 0.4) is 0 Å². The topological polar surface area (TPSA) is 38.8 Å². The average molecular weight is 261 g/mol. The molecule has 0 aliphatic heterocycles. The second-order valence-electron chi connectivity index (χ2n) is 3.96. The number of carbonyl (C=O) groups excluding carboxylic acids is 1. The van der Waals surface area contributed by atoms with Gasteiger partial charge in [-0.25, -0.2) is 4.79 Å². The summed E-state index contributed by atoms with van der Waals surface area (Å²) in [7, 11) is 1.89. The molecule has 0 bridgehead atoms. The van der Waals surface area contributed by atoms with Crippen LogP contribution >= 0.6 is 0 Å². The van der Waals surface area contributed by atoms with Gasteiger partial charge in [0, 0.05) is 19.7 Å². The van der Waals surface area contributed by atoms with E-state index in [2.05, 4.69) is 13.2 Å². The quantitative estimate of drug-likeness (QED) is 0.311. The minimum absolute atomic E-state index is 0.184. The van der Waals surface area contributed by atoms with E-state index in [1.54, 1.807) is 0 Å². The van der Waals surface area contributed by atoms with Crippen LogP contribution in [0.1, 0.15) is 5.56 Å². The van der Waals surface area contributed by atoms with Gasteiger partial charge in [0.1, 0.15) is 13.2 Å². The van der Waals surface area contributed by atoms with Crippen LogP contribution in [0.5, 0.6) is 0 Å². The van der Waals surface area contributed by atoms with E-state index in [0.29, 0.717) is 12.4 Å². The molecule has 102 valence electrons. The van der Waals surface area contributed by atoms with Gasteiger partial charge in [-0.2, -0.15) is 0 Å². The van der Waals surface area contributed by atoms with Crippen LogP contribution < -0.4 is 0 Å². The minimum Gasteiger partial charge on any atom is -0.476 e. The molecule has 0 atom stereocenters. The molecule has 4 heteroatoms. The van der Waals surface area contributed by atoms with E-state index in [1.807, 2.05) is 42.3 Å². The van der Waals surface area contributed by atoms with Crippen LogP contribution in [0.2, 0.25) is 0 Å². The SMILES string of the molecule is C=CC(=O)OCCOC(=C)N(C)Cc1ccccc1. The maximum atomic E-state index is 10.8. The van der Waals surface area contributed by atoms with Crippen molar-refractivity contribution in [3.8, 4) is 0 Å². The third-order valence-electron chi connectivity index (χ3n) is 2.45. The number of carbonyl (C=O) groups is 1. The van der Waals surface area contributed by atoms with Crippen LogP contribution in [0.15, 0.2) is 55.4 Å². The summed E-state index contributed by atoms with van der Waals surface area (Å²) in [5.41, 5.74) is 1.17.